The molecule has 3 aliphatic rings. The minimum absolute atomic E-state index is 0.0262. The maximum Gasteiger partial charge on any atom is 0.327 e. The van der Waals surface area contributed by atoms with Gasteiger partial charge in [-0.1, -0.05) is 29.8 Å². The van der Waals surface area contributed by atoms with Crippen molar-refractivity contribution in [2.75, 3.05) is 10.6 Å². The van der Waals surface area contributed by atoms with Crippen LogP contribution in [-0.2, 0) is 15.0 Å². The molecule has 0 saturated carbocycles. The Morgan fingerprint density at radius 3 is 2.52 bits per heavy atom. The number of fused-ring (bicyclic) bond motifs is 5. The van der Waals surface area contributed by atoms with Crippen LogP contribution in [0.4, 0.5) is 11.5 Å². The van der Waals surface area contributed by atoms with E-state index in [0.717, 1.165) is 0 Å². The van der Waals surface area contributed by atoms with Crippen LogP contribution in [0.2, 0.25) is 0 Å². The first-order chi connectivity index (χ1) is 13.6. The molecule has 8 nitrogen and oxygen atoms in total. The van der Waals surface area contributed by atoms with Crippen LogP contribution < -0.4 is 21.9 Å². The molecule has 0 fully saturated rings. The summed E-state index contributed by atoms with van der Waals surface area (Å²) in [5.41, 5.74) is -1.44. The van der Waals surface area contributed by atoms with Crippen LogP contribution in [0.25, 0.3) is 0 Å². The molecule has 2 aromatic rings. The number of carbonyl (C=O) groups is 2. The molecular weight excluding hydrogens is 440 g/mol. The lowest BCUT2D eigenvalue weighted by Crippen LogP contribution is -2.51. The van der Waals surface area contributed by atoms with Crippen LogP contribution >= 0.6 is 15.9 Å². The number of hydrogen-bond acceptors (Lipinski definition) is 5. The Morgan fingerprint density at radius 1 is 1.00 bits per heavy atom. The number of hydrogen-bond donors (Lipinski definition) is 4. The number of aromatic amines is 2. The zero-order valence-electron chi connectivity index (χ0n) is 15.7. The number of anilines is 2. The molecule has 0 saturated heterocycles. The second-order valence-corrected chi connectivity index (χ2v) is 9.39. The Hall–Kier alpha value is -2.94. The van der Waals surface area contributed by atoms with Crippen LogP contribution in [0, 0.1) is 5.41 Å². The highest BCUT2D eigenvalue weighted by Crippen LogP contribution is 2.55. The minimum Gasteiger partial charge on any atom is -0.344 e. The summed E-state index contributed by atoms with van der Waals surface area (Å²) >= 11 is 3.43. The van der Waals surface area contributed by atoms with Gasteiger partial charge in [0.2, 0.25) is 5.91 Å². The Bertz CT molecular complexity index is 1290. The fraction of sp³-hybridized carbons (Fsp3) is 0.300. The summed E-state index contributed by atoms with van der Waals surface area (Å²) in [5.74, 6) is -0.527. The number of nitrogens with one attached hydrogen (secondary N) is 4. The normalized spacial score (nSPS) is 24.0. The third-order valence-electron chi connectivity index (χ3n) is 5.82. The van der Waals surface area contributed by atoms with Crippen molar-refractivity contribution in [3.05, 3.63) is 65.9 Å². The van der Waals surface area contributed by atoms with Crippen molar-refractivity contribution < 1.29 is 9.59 Å². The summed E-state index contributed by atoms with van der Waals surface area (Å²) in [6.07, 6.45) is 0.753. The van der Waals surface area contributed by atoms with Gasteiger partial charge < -0.3 is 10.6 Å². The van der Waals surface area contributed by atoms with E-state index in [4.69, 9.17) is 0 Å². The molecule has 1 aliphatic carbocycles. The second-order valence-electron chi connectivity index (χ2n) is 8.47. The van der Waals surface area contributed by atoms with Gasteiger partial charge in [0.25, 0.3) is 5.56 Å². The monoisotopic (exact) mass is 456 g/mol. The third kappa shape index (κ3) is 2.30. The van der Waals surface area contributed by atoms with Crippen molar-refractivity contribution in [1.29, 1.82) is 0 Å². The van der Waals surface area contributed by atoms with Gasteiger partial charge in [-0.05, 0) is 30.0 Å². The number of aromatic nitrogens is 2. The Balaban J connectivity index is 1.96. The van der Waals surface area contributed by atoms with Gasteiger partial charge >= 0.3 is 5.69 Å². The molecule has 148 valence electrons. The average Bonchev–Trinajstić information content (AvgIpc) is 2.85. The van der Waals surface area contributed by atoms with Crippen molar-refractivity contribution in [2.24, 2.45) is 5.41 Å². The SMILES string of the molecule is CC1(C)CC(=O)C2=C(C1)Nc1[nH]c(=O)[nH]c(=O)c1C21C(=O)Nc2ccc(Br)cc21. The van der Waals surface area contributed by atoms with E-state index in [0.29, 0.717) is 27.8 Å². The van der Waals surface area contributed by atoms with E-state index in [1.807, 2.05) is 13.8 Å². The van der Waals surface area contributed by atoms with E-state index in [2.05, 4.69) is 36.5 Å². The molecule has 1 aromatic carbocycles. The van der Waals surface area contributed by atoms with Gasteiger partial charge in [0.05, 0.1) is 5.56 Å². The van der Waals surface area contributed by atoms with Crippen molar-refractivity contribution in [3.8, 4) is 0 Å². The molecule has 0 bridgehead atoms. The lowest BCUT2D eigenvalue weighted by molar-refractivity contribution is -0.123. The standard InChI is InChI=1S/C20H17BrN4O4/c1-19(2)6-11-13(12(26)7-19)20(14-15(22-11)24-18(29)25-16(14)27)9-5-8(21)3-4-10(9)23-17(20)28/h3-5H,6-7H2,1-2H3,(H,23,28)(H3,22,24,25,27,29). The number of allylic oxidation sites excluding steroid dienone is 1. The summed E-state index contributed by atoms with van der Waals surface area (Å²) in [5, 5.41) is 5.90. The number of rotatable bonds is 0. The second kappa shape index (κ2) is 5.56. The fourth-order valence-electron chi connectivity index (χ4n) is 4.85. The van der Waals surface area contributed by atoms with Crippen LogP contribution in [-0.4, -0.2) is 21.7 Å². The number of H-pyrrole nitrogens is 2. The largest absolute Gasteiger partial charge is 0.344 e. The smallest absolute Gasteiger partial charge is 0.327 e. The minimum atomic E-state index is -1.62. The van der Waals surface area contributed by atoms with Gasteiger partial charge in [0, 0.05) is 33.4 Å². The topological polar surface area (TPSA) is 124 Å². The maximum absolute atomic E-state index is 13.5. The molecular formula is C20H17BrN4O4. The van der Waals surface area contributed by atoms with Crippen molar-refractivity contribution in [2.45, 2.75) is 32.1 Å². The molecule has 1 atom stereocenters. The third-order valence-corrected chi connectivity index (χ3v) is 6.31. The van der Waals surface area contributed by atoms with Crippen molar-refractivity contribution >= 4 is 39.1 Å². The lowest BCUT2D eigenvalue weighted by Gasteiger charge is -2.42. The molecule has 1 aromatic heterocycles. The zero-order valence-corrected chi connectivity index (χ0v) is 17.2. The van der Waals surface area contributed by atoms with Crippen LogP contribution in [0.5, 0.6) is 0 Å². The number of amides is 1. The van der Waals surface area contributed by atoms with Crippen molar-refractivity contribution in [3.63, 3.8) is 0 Å². The lowest BCUT2D eigenvalue weighted by atomic mass is 9.61. The molecule has 1 amide bonds. The highest BCUT2D eigenvalue weighted by Gasteiger charge is 2.60. The van der Waals surface area contributed by atoms with Crippen molar-refractivity contribution in [1.82, 2.24) is 9.97 Å². The van der Waals surface area contributed by atoms with Gasteiger partial charge in [-0.15, -0.1) is 0 Å². The summed E-state index contributed by atoms with van der Waals surface area (Å²) in [4.78, 5) is 56.6. The van der Waals surface area contributed by atoms with E-state index in [1.165, 1.54) is 0 Å². The highest BCUT2D eigenvalue weighted by atomic mass is 79.9. The molecule has 5 rings (SSSR count). The number of benzene rings is 1. The number of halogens is 1. The van der Waals surface area contributed by atoms with E-state index in [1.54, 1.807) is 18.2 Å². The van der Waals surface area contributed by atoms with Crippen LogP contribution in [0.3, 0.4) is 0 Å². The summed E-state index contributed by atoms with van der Waals surface area (Å²) in [6.45, 7) is 3.94. The van der Waals surface area contributed by atoms with Gasteiger partial charge in [-0.25, -0.2) is 4.79 Å². The first kappa shape index (κ1) is 18.1. The molecule has 1 unspecified atom stereocenters. The molecule has 29 heavy (non-hydrogen) atoms. The molecule has 1 spiro atoms. The fourth-order valence-corrected chi connectivity index (χ4v) is 5.21. The number of ketones is 1. The molecule has 2 aliphatic heterocycles. The van der Waals surface area contributed by atoms with E-state index < -0.39 is 22.6 Å². The van der Waals surface area contributed by atoms with E-state index in [9.17, 15) is 19.2 Å². The predicted molar refractivity (Wildman–Crippen MR) is 110 cm³/mol. The first-order valence-corrected chi connectivity index (χ1v) is 9.95. The zero-order chi connectivity index (χ0) is 20.7. The van der Waals surface area contributed by atoms with Crippen LogP contribution in [0.15, 0.2) is 43.5 Å². The number of Topliss-reactive ketones (excluding diaryl/α,β-unsaturated/α-hetero) is 1. The summed E-state index contributed by atoms with van der Waals surface area (Å²) < 4.78 is 0.707. The summed E-state index contributed by atoms with van der Waals surface area (Å²) in [7, 11) is 0. The van der Waals surface area contributed by atoms with Crippen LogP contribution in [0.1, 0.15) is 37.8 Å². The predicted octanol–water partition coefficient (Wildman–Crippen LogP) is 2.13. The maximum atomic E-state index is 13.5. The van der Waals surface area contributed by atoms with Gasteiger partial charge in [-0.3, -0.25) is 24.4 Å². The molecule has 3 heterocycles. The summed E-state index contributed by atoms with van der Waals surface area (Å²) in [6, 6.07) is 5.24. The first-order valence-electron chi connectivity index (χ1n) is 9.16. The van der Waals surface area contributed by atoms with E-state index >= 15 is 0 Å². The molecule has 9 heteroatoms. The Morgan fingerprint density at radius 2 is 1.76 bits per heavy atom. The number of carbonyl (C=O) groups excluding carboxylic acids is 2. The van der Waals surface area contributed by atoms with E-state index in [-0.39, 0.29) is 34.6 Å². The highest BCUT2D eigenvalue weighted by molar-refractivity contribution is 9.10. The van der Waals surface area contributed by atoms with Gasteiger partial charge in [-0.2, -0.15) is 0 Å². The Labute approximate surface area is 172 Å². The van der Waals surface area contributed by atoms with Gasteiger partial charge in [0.15, 0.2) is 5.78 Å². The molecule has 0 radical (unpaired) electrons. The molecule has 4 N–H and O–H groups in total. The Kier molecular flexibility index (Phi) is 3.48. The average molecular weight is 457 g/mol. The quantitative estimate of drug-likeness (QED) is 0.483. The van der Waals surface area contributed by atoms with Gasteiger partial charge in [0.1, 0.15) is 11.2 Å².